The molecule has 1 amide bonds. The van der Waals surface area contributed by atoms with Crippen LogP contribution >= 0.6 is 0 Å². The van der Waals surface area contributed by atoms with E-state index < -0.39 is 5.60 Å². The first-order valence-electron chi connectivity index (χ1n) is 9.78. The lowest BCUT2D eigenvalue weighted by Crippen LogP contribution is -2.42. The molecule has 0 aliphatic heterocycles. The molecule has 2 aromatic rings. The molecule has 27 heavy (non-hydrogen) atoms. The Labute approximate surface area is 162 Å². The topological polar surface area (TPSA) is 60.5 Å². The molecule has 1 N–H and O–H groups in total. The van der Waals surface area contributed by atoms with Gasteiger partial charge in [0, 0.05) is 18.7 Å². The van der Waals surface area contributed by atoms with Gasteiger partial charge in [-0.15, -0.1) is 0 Å². The number of aromatic nitrogens is 1. The van der Waals surface area contributed by atoms with Crippen molar-refractivity contribution in [2.24, 2.45) is 5.92 Å². The maximum Gasteiger partial charge on any atom is 0.256 e. The van der Waals surface area contributed by atoms with Crippen LogP contribution in [0.4, 0.5) is 5.69 Å². The zero-order valence-corrected chi connectivity index (χ0v) is 17.2. The number of hydrogen-bond donors (Lipinski definition) is 1. The van der Waals surface area contributed by atoms with Crippen molar-refractivity contribution in [3.05, 3.63) is 30.5 Å². The quantitative estimate of drug-likeness (QED) is 0.583. The van der Waals surface area contributed by atoms with E-state index in [-0.39, 0.29) is 5.91 Å². The lowest BCUT2D eigenvalue weighted by atomic mass is 9.96. The van der Waals surface area contributed by atoms with Crippen molar-refractivity contribution in [1.29, 1.82) is 0 Å². The Hall–Kier alpha value is -2.14. The van der Waals surface area contributed by atoms with Crippen molar-refractivity contribution in [2.45, 2.75) is 59.0 Å². The number of ether oxygens (including phenoxy) is 2. The van der Waals surface area contributed by atoms with Crippen LogP contribution in [-0.2, 0) is 9.53 Å². The van der Waals surface area contributed by atoms with Gasteiger partial charge in [-0.05, 0) is 43.5 Å². The van der Waals surface area contributed by atoms with E-state index in [2.05, 4.69) is 31.1 Å². The van der Waals surface area contributed by atoms with Gasteiger partial charge in [0.15, 0.2) is 0 Å². The number of methoxy groups -OCH3 is 1. The summed E-state index contributed by atoms with van der Waals surface area (Å²) >= 11 is 0. The summed E-state index contributed by atoms with van der Waals surface area (Å²) in [5.74, 6) is 1.02. The second-order valence-corrected chi connectivity index (χ2v) is 7.56. The van der Waals surface area contributed by atoms with Crippen molar-refractivity contribution in [2.75, 3.05) is 19.0 Å². The highest BCUT2D eigenvalue weighted by atomic mass is 16.5. The molecule has 0 aliphatic rings. The molecule has 1 heterocycles. The molecule has 0 fully saturated rings. The van der Waals surface area contributed by atoms with E-state index in [1.54, 1.807) is 13.3 Å². The fourth-order valence-corrected chi connectivity index (χ4v) is 2.90. The smallest absolute Gasteiger partial charge is 0.256 e. The predicted octanol–water partition coefficient (Wildman–Crippen LogP) is 5.19. The van der Waals surface area contributed by atoms with Gasteiger partial charge in [0.1, 0.15) is 16.9 Å². The molecule has 1 aromatic carbocycles. The minimum absolute atomic E-state index is 0.137. The molecule has 1 aromatic heterocycles. The lowest BCUT2D eigenvalue weighted by molar-refractivity contribution is -0.136. The Morgan fingerprint density at radius 1 is 1.26 bits per heavy atom. The number of fused-ring (bicyclic) bond motifs is 1. The normalized spacial score (nSPS) is 13.6. The van der Waals surface area contributed by atoms with Gasteiger partial charge < -0.3 is 14.8 Å². The minimum atomic E-state index is -0.851. The summed E-state index contributed by atoms with van der Waals surface area (Å²) in [4.78, 5) is 17.4. The average Bonchev–Trinajstić information content (AvgIpc) is 2.67. The molecule has 0 spiro atoms. The highest BCUT2D eigenvalue weighted by Gasteiger charge is 2.32. The van der Waals surface area contributed by atoms with Gasteiger partial charge in [-0.25, -0.2) is 0 Å². The van der Waals surface area contributed by atoms with E-state index in [0.29, 0.717) is 18.9 Å². The van der Waals surface area contributed by atoms with Gasteiger partial charge in [0.2, 0.25) is 0 Å². The monoisotopic (exact) mass is 372 g/mol. The van der Waals surface area contributed by atoms with Crippen molar-refractivity contribution in [3.8, 4) is 5.75 Å². The number of unbranched alkanes of at least 4 members (excludes halogenated alkanes) is 2. The van der Waals surface area contributed by atoms with E-state index in [4.69, 9.17) is 9.47 Å². The summed E-state index contributed by atoms with van der Waals surface area (Å²) in [6.07, 6.45) is 5.57. The third-order valence-corrected chi connectivity index (χ3v) is 4.74. The number of anilines is 1. The molecule has 5 nitrogen and oxygen atoms in total. The summed E-state index contributed by atoms with van der Waals surface area (Å²) in [5, 5.41) is 3.90. The van der Waals surface area contributed by atoms with Crippen molar-refractivity contribution in [3.63, 3.8) is 0 Å². The van der Waals surface area contributed by atoms with Crippen LogP contribution < -0.4 is 10.1 Å². The van der Waals surface area contributed by atoms with Crippen LogP contribution in [0, 0.1) is 5.92 Å². The predicted molar refractivity (Wildman–Crippen MR) is 110 cm³/mol. The standard InChI is InChI=1S/C22H32N2O3/c1-6-7-8-13-22(4,26-5)21(25)24-18-11-12-19(27-15-16(2)3)20-17(18)10-9-14-23-20/h9-12,14,16H,6-8,13,15H2,1-5H3,(H,24,25). The van der Waals surface area contributed by atoms with Crippen LogP contribution in [0.25, 0.3) is 10.9 Å². The van der Waals surface area contributed by atoms with Crippen LogP contribution in [0.5, 0.6) is 5.75 Å². The first-order chi connectivity index (χ1) is 12.9. The molecule has 0 saturated carbocycles. The third kappa shape index (κ3) is 5.42. The van der Waals surface area contributed by atoms with Crippen LogP contribution in [0.15, 0.2) is 30.5 Å². The third-order valence-electron chi connectivity index (χ3n) is 4.74. The number of rotatable bonds is 10. The number of benzene rings is 1. The van der Waals surface area contributed by atoms with Gasteiger partial charge in [-0.3, -0.25) is 9.78 Å². The summed E-state index contributed by atoms with van der Waals surface area (Å²) < 4.78 is 11.5. The maximum atomic E-state index is 12.9. The number of amides is 1. The molecule has 1 unspecified atom stereocenters. The minimum Gasteiger partial charge on any atom is -0.491 e. The zero-order chi connectivity index (χ0) is 19.9. The molecule has 0 saturated heterocycles. The zero-order valence-electron chi connectivity index (χ0n) is 17.2. The highest BCUT2D eigenvalue weighted by molar-refractivity contribution is 6.05. The first-order valence-corrected chi connectivity index (χ1v) is 9.78. The number of hydrogen-bond acceptors (Lipinski definition) is 4. The summed E-state index contributed by atoms with van der Waals surface area (Å²) in [6, 6.07) is 7.55. The lowest BCUT2D eigenvalue weighted by Gasteiger charge is -2.27. The molecular formula is C22H32N2O3. The molecule has 5 heteroatoms. The van der Waals surface area contributed by atoms with E-state index >= 15 is 0 Å². The molecule has 0 bridgehead atoms. The Balaban J connectivity index is 2.25. The van der Waals surface area contributed by atoms with Crippen molar-refractivity contribution >= 4 is 22.5 Å². The maximum absolute atomic E-state index is 12.9. The van der Waals surface area contributed by atoms with Gasteiger partial charge in [0.05, 0.1) is 12.3 Å². The highest BCUT2D eigenvalue weighted by Crippen LogP contribution is 2.31. The van der Waals surface area contributed by atoms with Crippen LogP contribution in [-0.4, -0.2) is 30.2 Å². The van der Waals surface area contributed by atoms with Gasteiger partial charge >= 0.3 is 0 Å². The van der Waals surface area contributed by atoms with Crippen LogP contribution in [0.1, 0.15) is 53.4 Å². The molecule has 0 aliphatic carbocycles. The van der Waals surface area contributed by atoms with E-state index in [9.17, 15) is 4.79 Å². The summed E-state index contributed by atoms with van der Waals surface area (Å²) in [5.41, 5.74) is 0.621. The fraction of sp³-hybridized carbons (Fsp3) is 0.545. The van der Waals surface area contributed by atoms with Gasteiger partial charge in [-0.1, -0.05) is 40.0 Å². The van der Waals surface area contributed by atoms with E-state index in [1.165, 1.54) is 0 Å². The molecule has 0 radical (unpaired) electrons. The Kier molecular flexibility index (Phi) is 7.60. The number of nitrogens with zero attached hydrogens (tertiary/aromatic N) is 1. The number of nitrogens with one attached hydrogen (secondary N) is 1. The second kappa shape index (κ2) is 9.70. The van der Waals surface area contributed by atoms with Crippen molar-refractivity contribution in [1.82, 2.24) is 4.98 Å². The molecule has 148 valence electrons. The van der Waals surface area contributed by atoms with Crippen LogP contribution in [0.3, 0.4) is 0 Å². The average molecular weight is 373 g/mol. The SMILES string of the molecule is CCCCCC(C)(OC)C(=O)Nc1ccc(OCC(C)C)c2ncccc12. The Morgan fingerprint density at radius 2 is 2.04 bits per heavy atom. The summed E-state index contributed by atoms with van der Waals surface area (Å²) in [7, 11) is 1.59. The molecule has 2 rings (SSSR count). The Morgan fingerprint density at radius 3 is 2.70 bits per heavy atom. The first kappa shape index (κ1) is 21.2. The van der Waals surface area contributed by atoms with E-state index in [1.807, 2.05) is 31.2 Å². The number of carbonyl (C=O) groups is 1. The van der Waals surface area contributed by atoms with Crippen LogP contribution in [0.2, 0.25) is 0 Å². The van der Waals surface area contributed by atoms with Gasteiger partial charge in [-0.2, -0.15) is 0 Å². The summed E-state index contributed by atoms with van der Waals surface area (Å²) in [6.45, 7) is 8.82. The number of pyridine rings is 1. The molecule has 1 atom stereocenters. The van der Waals surface area contributed by atoms with E-state index in [0.717, 1.165) is 41.6 Å². The van der Waals surface area contributed by atoms with Crippen molar-refractivity contribution < 1.29 is 14.3 Å². The Bertz CT molecular complexity index is 760. The number of carbonyl (C=O) groups excluding carboxylic acids is 1. The fourth-order valence-electron chi connectivity index (χ4n) is 2.90. The van der Waals surface area contributed by atoms with Gasteiger partial charge in [0.25, 0.3) is 5.91 Å². The second-order valence-electron chi connectivity index (χ2n) is 7.56. The largest absolute Gasteiger partial charge is 0.491 e. The molecular weight excluding hydrogens is 340 g/mol.